The Morgan fingerprint density at radius 1 is 0.917 bits per heavy atom. The predicted molar refractivity (Wildman–Crippen MR) is 140 cm³/mol. The molecule has 4 aromatic rings. The number of fused-ring (bicyclic) bond motifs is 1. The van der Waals surface area contributed by atoms with Gasteiger partial charge in [-0.25, -0.2) is 9.28 Å². The van der Waals surface area contributed by atoms with Crippen molar-refractivity contribution in [1.82, 2.24) is 4.48 Å². The molecule has 6 heteroatoms. The van der Waals surface area contributed by atoms with Crippen LogP contribution in [0.2, 0.25) is 0 Å². The van der Waals surface area contributed by atoms with Crippen LogP contribution in [0.3, 0.4) is 0 Å². The van der Waals surface area contributed by atoms with Gasteiger partial charge in [-0.2, -0.15) is 0 Å². The lowest BCUT2D eigenvalue weighted by atomic mass is 10.0. The van der Waals surface area contributed by atoms with Gasteiger partial charge >= 0.3 is 12.0 Å². The fourth-order valence-electron chi connectivity index (χ4n) is 5.06. The molecule has 1 aliphatic heterocycles. The summed E-state index contributed by atoms with van der Waals surface area (Å²) in [6.07, 6.45) is 1.64. The van der Waals surface area contributed by atoms with E-state index in [-0.39, 0.29) is 16.5 Å². The molecule has 5 rings (SSSR count). The highest BCUT2D eigenvalue weighted by Gasteiger charge is 2.43. The van der Waals surface area contributed by atoms with Crippen molar-refractivity contribution in [2.24, 2.45) is 0 Å². The van der Waals surface area contributed by atoms with Gasteiger partial charge < -0.3 is 13.9 Å². The Bertz CT molecular complexity index is 1390. The van der Waals surface area contributed by atoms with Crippen LogP contribution in [0.15, 0.2) is 94.1 Å². The third kappa shape index (κ3) is 4.77. The van der Waals surface area contributed by atoms with Crippen LogP contribution >= 0.6 is 0 Å². The molecule has 1 saturated heterocycles. The summed E-state index contributed by atoms with van der Waals surface area (Å²) in [6, 6.07) is 26.6. The third-order valence-corrected chi connectivity index (χ3v) is 7.04. The van der Waals surface area contributed by atoms with Crippen molar-refractivity contribution in [2.75, 3.05) is 13.1 Å². The first-order valence-corrected chi connectivity index (χ1v) is 12.4. The Kier molecular flexibility index (Phi) is 6.87. The van der Waals surface area contributed by atoms with Gasteiger partial charge in [0, 0.05) is 12.5 Å². The van der Waals surface area contributed by atoms with E-state index in [1.54, 1.807) is 12.1 Å². The van der Waals surface area contributed by atoms with E-state index in [9.17, 15) is 9.59 Å². The molecule has 1 aromatic heterocycles. The molecule has 1 atom stereocenters. The molecule has 0 N–H and O–H groups in total. The van der Waals surface area contributed by atoms with Crippen molar-refractivity contribution in [3.8, 4) is 11.1 Å². The van der Waals surface area contributed by atoms with Gasteiger partial charge in [0.2, 0.25) is 6.23 Å². The highest BCUT2D eigenvalue weighted by Crippen LogP contribution is 2.36. The molecular weight excluding hydrogens is 454 g/mol. The topological polar surface area (TPSA) is 65.7 Å². The van der Waals surface area contributed by atoms with E-state index in [4.69, 9.17) is 13.9 Å². The molecule has 2 heterocycles. The lowest BCUT2D eigenvalue weighted by Gasteiger charge is -2.42. The number of ether oxygens (including phenoxy) is 2. The van der Waals surface area contributed by atoms with E-state index in [2.05, 4.69) is 0 Å². The van der Waals surface area contributed by atoms with Crippen molar-refractivity contribution >= 4 is 23.0 Å². The Labute approximate surface area is 210 Å². The lowest BCUT2D eigenvalue weighted by molar-refractivity contribution is -0.0493. The van der Waals surface area contributed by atoms with E-state index in [0.29, 0.717) is 29.9 Å². The third-order valence-electron chi connectivity index (χ3n) is 7.04. The molecular formula is C30H30NO5+. The van der Waals surface area contributed by atoms with Crippen LogP contribution in [-0.4, -0.2) is 25.5 Å². The molecule has 0 saturated carbocycles. The first-order chi connectivity index (χ1) is 17.6. The first-order valence-electron chi connectivity index (χ1n) is 12.4. The van der Waals surface area contributed by atoms with Gasteiger partial charge in [0.15, 0.2) is 11.0 Å². The summed E-state index contributed by atoms with van der Waals surface area (Å²) in [6.45, 7) is 3.39. The number of benzene rings is 3. The van der Waals surface area contributed by atoms with Crippen LogP contribution < -0.4 is 9.91 Å². The second-order valence-corrected chi connectivity index (χ2v) is 9.28. The van der Waals surface area contributed by atoms with Crippen LogP contribution in [0.5, 0.6) is 0 Å². The van der Waals surface area contributed by atoms with Gasteiger partial charge in [0.25, 0.3) is 0 Å². The highest BCUT2D eigenvalue weighted by atomic mass is 16.7. The van der Waals surface area contributed by atoms with E-state index >= 15 is 0 Å². The first kappa shape index (κ1) is 23.8. The van der Waals surface area contributed by atoms with E-state index in [1.165, 1.54) is 0 Å². The van der Waals surface area contributed by atoms with Gasteiger partial charge in [-0.05, 0) is 36.5 Å². The molecule has 0 radical (unpaired) electrons. The van der Waals surface area contributed by atoms with Crippen LogP contribution in [0, 0.1) is 0 Å². The zero-order valence-electron chi connectivity index (χ0n) is 20.4. The van der Waals surface area contributed by atoms with Gasteiger partial charge in [-0.15, -0.1) is 0 Å². The van der Waals surface area contributed by atoms with Crippen molar-refractivity contribution in [3.05, 3.63) is 101 Å². The number of carbonyl (C=O) groups is 1. The summed E-state index contributed by atoms with van der Waals surface area (Å²) >= 11 is 0. The van der Waals surface area contributed by atoms with Gasteiger partial charge in [0.05, 0.1) is 24.5 Å². The fourth-order valence-corrected chi connectivity index (χ4v) is 5.06. The number of hydrogen-bond donors (Lipinski definition) is 0. The molecule has 0 amide bonds. The predicted octanol–water partition coefficient (Wildman–Crippen LogP) is 6.65. The van der Waals surface area contributed by atoms with Gasteiger partial charge in [-0.1, -0.05) is 72.8 Å². The monoisotopic (exact) mass is 484 g/mol. The minimum atomic E-state index is -0.734. The summed E-state index contributed by atoms with van der Waals surface area (Å²) in [7, 11) is 0. The van der Waals surface area contributed by atoms with Crippen LogP contribution in [0.1, 0.15) is 31.7 Å². The Morgan fingerprint density at radius 2 is 1.61 bits per heavy atom. The summed E-state index contributed by atoms with van der Waals surface area (Å²) in [4.78, 5) is 25.9. The molecule has 6 nitrogen and oxygen atoms in total. The maximum Gasteiger partial charge on any atom is 0.513 e. The van der Waals surface area contributed by atoms with Crippen LogP contribution in [0.25, 0.3) is 22.1 Å². The van der Waals surface area contributed by atoms with Crippen LogP contribution in [-0.2, 0) is 16.1 Å². The summed E-state index contributed by atoms with van der Waals surface area (Å²) in [5.74, 6) is 0.513. The van der Waals surface area contributed by atoms with E-state index in [0.717, 1.165) is 36.0 Å². The second-order valence-electron chi connectivity index (χ2n) is 9.28. The molecule has 0 aliphatic carbocycles. The minimum Gasteiger partial charge on any atom is -0.429 e. The average Bonchev–Trinajstić information content (AvgIpc) is 2.93. The lowest BCUT2D eigenvalue weighted by Crippen LogP contribution is -2.60. The normalized spacial score (nSPS) is 15.8. The number of likely N-dealkylation sites (tertiary alicyclic amines) is 1. The second kappa shape index (κ2) is 10.4. The Balaban J connectivity index is 1.49. The maximum absolute atomic E-state index is 13.3. The summed E-state index contributed by atoms with van der Waals surface area (Å²) in [5, 5.41) is 0.533. The number of para-hydroxylation sites is 1. The largest absolute Gasteiger partial charge is 0.513 e. The van der Waals surface area contributed by atoms with Crippen LogP contribution in [0.4, 0.5) is 10.7 Å². The zero-order chi connectivity index (χ0) is 25.0. The molecule has 1 aliphatic rings. The molecule has 0 bridgehead atoms. The standard InChI is InChI=1S/C30H30NO5/c1-22(35-30(33)34-21-23-12-5-2-6-13-23)31(18-9-4-10-19-31)28-20-27(32)26-17-11-16-25(29(26)36-28)24-14-7-3-8-15-24/h2-3,5-8,11-17,20,22H,4,9-10,18-19,21H2,1H3/q+1. The number of carbonyl (C=O) groups excluding carboxylic acids is 1. The number of nitrogens with zero attached hydrogens (tertiary/aromatic N) is 1. The minimum absolute atomic E-state index is 0.106. The molecule has 184 valence electrons. The molecule has 36 heavy (non-hydrogen) atoms. The number of quaternary nitrogens is 1. The Morgan fingerprint density at radius 3 is 2.33 bits per heavy atom. The number of rotatable bonds is 6. The van der Waals surface area contributed by atoms with Gasteiger partial charge in [0.1, 0.15) is 6.61 Å². The molecule has 1 fully saturated rings. The maximum atomic E-state index is 13.3. The van der Waals surface area contributed by atoms with Gasteiger partial charge in [-0.3, -0.25) is 4.79 Å². The fraction of sp³-hybridized carbons (Fsp3) is 0.267. The number of hydrogen-bond acceptors (Lipinski definition) is 5. The number of piperidine rings is 1. The quantitative estimate of drug-likeness (QED) is 0.226. The smallest absolute Gasteiger partial charge is 0.429 e. The summed E-state index contributed by atoms with van der Waals surface area (Å²) < 4.78 is 18.0. The van der Waals surface area contributed by atoms with Crippen molar-refractivity contribution in [2.45, 2.75) is 39.0 Å². The van der Waals surface area contributed by atoms with E-state index < -0.39 is 12.4 Å². The molecule has 3 aromatic carbocycles. The van der Waals surface area contributed by atoms with Crippen molar-refractivity contribution in [3.63, 3.8) is 0 Å². The average molecular weight is 485 g/mol. The molecule has 1 unspecified atom stereocenters. The van der Waals surface area contributed by atoms with Crippen molar-refractivity contribution < 1.29 is 18.7 Å². The summed E-state index contributed by atoms with van der Waals surface area (Å²) in [5.41, 5.74) is 3.16. The SMILES string of the molecule is CC(OC(=O)OCc1ccccc1)[N+]1(c2cc(=O)c3cccc(-c4ccccc4)c3o2)CCCCC1. The highest BCUT2D eigenvalue weighted by molar-refractivity contribution is 5.92. The molecule has 0 spiro atoms. The zero-order valence-corrected chi connectivity index (χ0v) is 20.4. The van der Waals surface area contributed by atoms with Crippen molar-refractivity contribution in [1.29, 1.82) is 0 Å². The Hall–Kier alpha value is -3.90. The van der Waals surface area contributed by atoms with E-state index in [1.807, 2.05) is 79.7 Å².